The second-order valence-electron chi connectivity index (χ2n) is 5.30. The van der Waals surface area contributed by atoms with E-state index in [-0.39, 0.29) is 0 Å². The maximum atomic E-state index is 4.61. The summed E-state index contributed by atoms with van der Waals surface area (Å²) < 4.78 is 0. The third-order valence-electron chi connectivity index (χ3n) is 3.85. The van der Waals surface area contributed by atoms with Crippen molar-refractivity contribution in [3.8, 4) is 0 Å². The number of aromatic nitrogens is 2. The summed E-state index contributed by atoms with van der Waals surface area (Å²) in [6.45, 7) is 2.79. The molecule has 110 valence electrons. The fourth-order valence-corrected chi connectivity index (χ4v) is 2.59. The fourth-order valence-electron chi connectivity index (χ4n) is 2.59. The standard InChI is InChI=1S/C16H21N5/c1-17-14-8-10-21(12-14)15-7-9-18-16(20-15)19-11-13-5-3-2-4-6-13/h2-7,9,14,17H,8,10-12H2,1H3,(H,18,19,20)/t14-/m0/s1. The van der Waals surface area contributed by atoms with E-state index >= 15 is 0 Å². The molecule has 21 heavy (non-hydrogen) atoms. The normalized spacial score (nSPS) is 18.0. The van der Waals surface area contributed by atoms with E-state index in [1.54, 1.807) is 0 Å². The molecule has 0 saturated carbocycles. The molecule has 2 heterocycles. The average Bonchev–Trinajstić information content (AvgIpc) is 3.03. The highest BCUT2D eigenvalue weighted by molar-refractivity contribution is 5.44. The van der Waals surface area contributed by atoms with Gasteiger partial charge >= 0.3 is 0 Å². The van der Waals surface area contributed by atoms with Crippen LogP contribution in [0.15, 0.2) is 42.6 Å². The van der Waals surface area contributed by atoms with E-state index in [9.17, 15) is 0 Å². The van der Waals surface area contributed by atoms with Gasteiger partial charge in [0.1, 0.15) is 5.82 Å². The Balaban J connectivity index is 1.63. The zero-order valence-corrected chi connectivity index (χ0v) is 12.3. The van der Waals surface area contributed by atoms with E-state index in [2.05, 4.69) is 37.6 Å². The van der Waals surface area contributed by atoms with Crippen LogP contribution in [0, 0.1) is 0 Å². The Kier molecular flexibility index (Phi) is 4.31. The van der Waals surface area contributed by atoms with Crippen LogP contribution in [0.3, 0.4) is 0 Å². The molecule has 1 aromatic carbocycles. The number of likely N-dealkylation sites (N-methyl/N-ethyl adjacent to an activating group) is 1. The molecule has 0 unspecified atom stereocenters. The Morgan fingerprint density at radius 2 is 2.10 bits per heavy atom. The molecule has 1 aliphatic heterocycles. The van der Waals surface area contributed by atoms with Gasteiger partial charge in [-0.05, 0) is 25.1 Å². The summed E-state index contributed by atoms with van der Waals surface area (Å²) >= 11 is 0. The summed E-state index contributed by atoms with van der Waals surface area (Å²) in [7, 11) is 2.01. The fraction of sp³-hybridized carbons (Fsp3) is 0.375. The molecule has 1 atom stereocenters. The molecule has 2 aromatic rings. The summed E-state index contributed by atoms with van der Waals surface area (Å²) in [6.07, 6.45) is 2.98. The molecule has 1 aromatic heterocycles. The van der Waals surface area contributed by atoms with E-state index in [1.807, 2.05) is 37.5 Å². The monoisotopic (exact) mass is 283 g/mol. The lowest BCUT2D eigenvalue weighted by atomic mass is 10.2. The van der Waals surface area contributed by atoms with Gasteiger partial charge < -0.3 is 15.5 Å². The number of hydrogen-bond donors (Lipinski definition) is 2. The number of hydrogen-bond acceptors (Lipinski definition) is 5. The Bertz CT molecular complexity index is 572. The molecule has 0 bridgehead atoms. The molecule has 1 aliphatic rings. The van der Waals surface area contributed by atoms with Gasteiger partial charge in [-0.2, -0.15) is 4.98 Å². The molecule has 0 amide bonds. The Labute approximate surface area is 125 Å². The number of nitrogens with one attached hydrogen (secondary N) is 2. The van der Waals surface area contributed by atoms with Gasteiger partial charge in [0.2, 0.25) is 5.95 Å². The minimum atomic E-state index is 0.556. The summed E-state index contributed by atoms with van der Waals surface area (Å²) in [6, 6.07) is 12.8. The van der Waals surface area contributed by atoms with Crippen molar-refractivity contribution in [1.82, 2.24) is 15.3 Å². The van der Waals surface area contributed by atoms with Crippen LogP contribution in [0.4, 0.5) is 11.8 Å². The minimum absolute atomic E-state index is 0.556. The maximum absolute atomic E-state index is 4.61. The predicted octanol–water partition coefficient (Wildman–Crippen LogP) is 1.89. The van der Waals surface area contributed by atoms with Crippen molar-refractivity contribution in [2.45, 2.75) is 19.0 Å². The Morgan fingerprint density at radius 3 is 2.86 bits per heavy atom. The van der Waals surface area contributed by atoms with E-state index in [4.69, 9.17) is 0 Å². The van der Waals surface area contributed by atoms with E-state index in [0.717, 1.165) is 31.9 Å². The molecule has 2 N–H and O–H groups in total. The SMILES string of the molecule is CN[C@H]1CCN(c2ccnc(NCc3ccccc3)n2)C1. The summed E-state index contributed by atoms with van der Waals surface area (Å²) in [4.78, 5) is 11.2. The van der Waals surface area contributed by atoms with Gasteiger partial charge in [-0.15, -0.1) is 0 Å². The van der Waals surface area contributed by atoms with Crippen molar-refractivity contribution in [2.24, 2.45) is 0 Å². The first-order valence-corrected chi connectivity index (χ1v) is 7.38. The quantitative estimate of drug-likeness (QED) is 0.877. The second kappa shape index (κ2) is 6.54. The van der Waals surface area contributed by atoms with Gasteiger partial charge in [0, 0.05) is 31.9 Å². The van der Waals surface area contributed by atoms with Crippen LogP contribution < -0.4 is 15.5 Å². The van der Waals surface area contributed by atoms with E-state index in [1.165, 1.54) is 5.56 Å². The van der Waals surface area contributed by atoms with Crippen LogP contribution in [-0.2, 0) is 6.54 Å². The Hall–Kier alpha value is -2.14. The largest absolute Gasteiger partial charge is 0.355 e. The van der Waals surface area contributed by atoms with Crippen LogP contribution in [0.5, 0.6) is 0 Å². The lowest BCUT2D eigenvalue weighted by Gasteiger charge is -2.17. The summed E-state index contributed by atoms with van der Waals surface area (Å²) in [5, 5.41) is 6.61. The lowest BCUT2D eigenvalue weighted by molar-refractivity contribution is 0.616. The minimum Gasteiger partial charge on any atom is -0.355 e. The van der Waals surface area contributed by atoms with Crippen molar-refractivity contribution < 1.29 is 0 Å². The Morgan fingerprint density at radius 1 is 1.24 bits per heavy atom. The van der Waals surface area contributed by atoms with E-state index < -0.39 is 0 Å². The molecule has 5 nitrogen and oxygen atoms in total. The molecule has 1 saturated heterocycles. The van der Waals surface area contributed by atoms with Crippen molar-refractivity contribution in [1.29, 1.82) is 0 Å². The highest BCUT2D eigenvalue weighted by atomic mass is 15.3. The number of benzene rings is 1. The van der Waals surface area contributed by atoms with E-state index in [0.29, 0.717) is 12.0 Å². The molecule has 1 fully saturated rings. The highest BCUT2D eigenvalue weighted by Crippen LogP contribution is 2.18. The summed E-state index contributed by atoms with van der Waals surface area (Å²) in [5.74, 6) is 1.68. The van der Waals surface area contributed by atoms with Gasteiger partial charge in [0.05, 0.1) is 0 Å². The molecule has 0 radical (unpaired) electrons. The molecule has 5 heteroatoms. The highest BCUT2D eigenvalue weighted by Gasteiger charge is 2.22. The van der Waals surface area contributed by atoms with Crippen LogP contribution in [-0.4, -0.2) is 36.1 Å². The zero-order chi connectivity index (χ0) is 14.5. The molecule has 0 aliphatic carbocycles. The maximum Gasteiger partial charge on any atom is 0.224 e. The van der Waals surface area contributed by atoms with Gasteiger partial charge in [0.15, 0.2) is 0 Å². The first-order chi connectivity index (χ1) is 10.3. The van der Waals surface area contributed by atoms with Gasteiger partial charge in [-0.3, -0.25) is 0 Å². The van der Waals surface area contributed by atoms with Crippen LogP contribution in [0.1, 0.15) is 12.0 Å². The molecular weight excluding hydrogens is 262 g/mol. The van der Waals surface area contributed by atoms with Crippen molar-refractivity contribution in [3.63, 3.8) is 0 Å². The van der Waals surface area contributed by atoms with Crippen molar-refractivity contribution in [2.75, 3.05) is 30.4 Å². The molecular formula is C16H21N5. The number of anilines is 2. The topological polar surface area (TPSA) is 53.1 Å². The van der Waals surface area contributed by atoms with Crippen molar-refractivity contribution >= 4 is 11.8 Å². The average molecular weight is 283 g/mol. The smallest absolute Gasteiger partial charge is 0.224 e. The van der Waals surface area contributed by atoms with Gasteiger partial charge in [-0.25, -0.2) is 4.98 Å². The van der Waals surface area contributed by atoms with Crippen molar-refractivity contribution in [3.05, 3.63) is 48.2 Å². The van der Waals surface area contributed by atoms with Crippen LogP contribution >= 0.6 is 0 Å². The summed E-state index contributed by atoms with van der Waals surface area (Å²) in [5.41, 5.74) is 1.22. The lowest BCUT2D eigenvalue weighted by Crippen LogP contribution is -2.29. The molecule has 3 rings (SSSR count). The first kappa shape index (κ1) is 13.8. The van der Waals surface area contributed by atoms with Gasteiger partial charge in [0.25, 0.3) is 0 Å². The third kappa shape index (κ3) is 3.49. The molecule has 0 spiro atoms. The first-order valence-electron chi connectivity index (χ1n) is 7.38. The van der Waals surface area contributed by atoms with Crippen LogP contribution in [0.25, 0.3) is 0 Å². The number of nitrogens with zero attached hydrogens (tertiary/aromatic N) is 3. The predicted molar refractivity (Wildman–Crippen MR) is 85.5 cm³/mol. The second-order valence-corrected chi connectivity index (χ2v) is 5.30. The number of rotatable bonds is 5. The third-order valence-corrected chi connectivity index (χ3v) is 3.85. The van der Waals surface area contributed by atoms with Gasteiger partial charge in [-0.1, -0.05) is 30.3 Å². The van der Waals surface area contributed by atoms with Crippen LogP contribution in [0.2, 0.25) is 0 Å². The zero-order valence-electron chi connectivity index (χ0n) is 12.3.